The van der Waals surface area contributed by atoms with Crippen molar-refractivity contribution in [3.05, 3.63) is 0 Å². The Bertz CT molecular complexity index is 208. The molecule has 0 aromatic heterocycles. The molecule has 0 spiro atoms. The van der Waals surface area contributed by atoms with Gasteiger partial charge in [-0.1, -0.05) is 58.3 Å². The summed E-state index contributed by atoms with van der Waals surface area (Å²) >= 11 is 0. The van der Waals surface area contributed by atoms with Crippen LogP contribution in [0.3, 0.4) is 0 Å². The molecule has 0 aromatic rings. The zero-order valence-corrected chi connectivity index (χ0v) is 12.3. The maximum absolute atomic E-state index is 11.3. The van der Waals surface area contributed by atoms with Crippen LogP contribution in [0.5, 0.6) is 0 Å². The number of carbonyl (C=O) groups excluding carboxylic acids is 1. The van der Waals surface area contributed by atoms with E-state index in [0.29, 0.717) is 6.42 Å². The molecule has 0 aliphatic rings. The van der Waals surface area contributed by atoms with Gasteiger partial charge in [0.05, 0.1) is 13.2 Å². The van der Waals surface area contributed by atoms with Crippen molar-refractivity contribution in [3.8, 4) is 0 Å². The van der Waals surface area contributed by atoms with Gasteiger partial charge in [-0.2, -0.15) is 0 Å². The zero-order valence-electron chi connectivity index (χ0n) is 12.3. The van der Waals surface area contributed by atoms with Gasteiger partial charge in [0.25, 0.3) is 0 Å². The van der Waals surface area contributed by atoms with E-state index in [1.54, 1.807) is 0 Å². The Kier molecular flexibility index (Phi) is 19.8. The molecule has 0 saturated carbocycles. The topological polar surface area (TPSA) is 66.8 Å². The number of aliphatic hydroxyl groups is 2. The first kappa shape index (κ1) is 22.7. The molecular weight excluding hydrogens is 267 g/mol. The van der Waals surface area contributed by atoms with Crippen molar-refractivity contribution in [2.24, 2.45) is 0 Å². The summed E-state index contributed by atoms with van der Waals surface area (Å²) < 4.78 is 4.88. The van der Waals surface area contributed by atoms with Crippen molar-refractivity contribution in [2.75, 3.05) is 13.2 Å². The molecule has 0 atom stereocenters. The fourth-order valence-electron chi connectivity index (χ4n) is 1.96. The summed E-state index contributed by atoms with van der Waals surface area (Å²) in [4.78, 5) is 11.3. The van der Waals surface area contributed by atoms with Crippen LogP contribution >= 0.6 is 0 Å². The Morgan fingerprint density at radius 1 is 0.900 bits per heavy atom. The molecule has 0 aliphatic carbocycles. The van der Waals surface area contributed by atoms with Crippen LogP contribution < -0.4 is 0 Å². The van der Waals surface area contributed by atoms with Crippen molar-refractivity contribution in [3.63, 3.8) is 0 Å². The van der Waals surface area contributed by atoms with E-state index in [2.05, 4.69) is 6.92 Å². The van der Waals surface area contributed by atoms with Crippen molar-refractivity contribution in [1.29, 1.82) is 0 Å². The fraction of sp³-hybridized carbons (Fsp3) is 0.933. The number of ether oxygens (including phenoxy) is 1. The van der Waals surface area contributed by atoms with E-state index in [0.717, 1.165) is 12.8 Å². The molecule has 5 heteroatoms. The van der Waals surface area contributed by atoms with Crippen LogP contribution in [0.15, 0.2) is 0 Å². The van der Waals surface area contributed by atoms with Gasteiger partial charge in [-0.05, 0) is 6.42 Å². The summed E-state index contributed by atoms with van der Waals surface area (Å²) in [5.74, 6) is -0.323. The second-order valence-electron chi connectivity index (χ2n) is 5.06. The Labute approximate surface area is 145 Å². The van der Waals surface area contributed by atoms with Gasteiger partial charge in [-0.25, -0.2) is 0 Å². The van der Waals surface area contributed by atoms with Crippen LogP contribution in [-0.2, 0) is 9.53 Å². The summed E-state index contributed by atoms with van der Waals surface area (Å²) in [6, 6.07) is 0. The first-order valence-electron chi connectivity index (χ1n) is 7.65. The van der Waals surface area contributed by atoms with E-state index in [1.807, 2.05) is 0 Å². The summed E-state index contributed by atoms with van der Waals surface area (Å²) in [7, 11) is 0. The normalized spacial score (nSPS) is 10.4. The SMILES string of the molecule is CCCCCCCCCCCC(=O)OC(CO)CO.[NaH]. The molecule has 0 fully saturated rings. The predicted octanol–water partition coefficient (Wildman–Crippen LogP) is 2.16. The van der Waals surface area contributed by atoms with E-state index in [-0.39, 0.29) is 48.7 Å². The van der Waals surface area contributed by atoms with Crippen LogP contribution in [0, 0.1) is 0 Å². The first-order valence-corrected chi connectivity index (χ1v) is 7.65. The van der Waals surface area contributed by atoms with Crippen LogP contribution in [0.25, 0.3) is 0 Å². The summed E-state index contributed by atoms with van der Waals surface area (Å²) in [6.07, 6.45) is 10.5. The van der Waals surface area contributed by atoms with E-state index >= 15 is 0 Å². The maximum atomic E-state index is 11.3. The van der Waals surface area contributed by atoms with E-state index < -0.39 is 6.10 Å². The van der Waals surface area contributed by atoms with Gasteiger partial charge < -0.3 is 14.9 Å². The van der Waals surface area contributed by atoms with Gasteiger partial charge in [0.15, 0.2) is 0 Å². The van der Waals surface area contributed by atoms with Crippen molar-refractivity contribution in [1.82, 2.24) is 0 Å². The van der Waals surface area contributed by atoms with Gasteiger partial charge in [0.2, 0.25) is 0 Å². The third kappa shape index (κ3) is 14.8. The molecule has 4 nitrogen and oxygen atoms in total. The first-order chi connectivity index (χ1) is 9.24. The molecule has 0 aromatic carbocycles. The van der Waals surface area contributed by atoms with E-state index in [4.69, 9.17) is 14.9 Å². The Balaban J connectivity index is 0. The van der Waals surface area contributed by atoms with Crippen LogP contribution in [0.2, 0.25) is 0 Å². The quantitative estimate of drug-likeness (QED) is 0.311. The minimum absolute atomic E-state index is 0. The standard InChI is InChI=1S/C15H30O4.Na.H/c1-2-3-4-5-6-7-8-9-10-11-15(18)19-14(12-16)13-17;;/h14,16-17H,2-13H2,1H3;;. The van der Waals surface area contributed by atoms with E-state index in [9.17, 15) is 4.79 Å². The van der Waals surface area contributed by atoms with Crippen molar-refractivity contribution in [2.45, 2.75) is 77.2 Å². The fourth-order valence-corrected chi connectivity index (χ4v) is 1.96. The predicted molar refractivity (Wildman–Crippen MR) is 83.0 cm³/mol. The molecule has 0 aliphatic heterocycles. The number of unbranched alkanes of at least 4 members (excludes halogenated alkanes) is 8. The Morgan fingerprint density at radius 3 is 1.80 bits per heavy atom. The van der Waals surface area contributed by atoms with Crippen LogP contribution in [0.4, 0.5) is 0 Å². The number of rotatable bonds is 13. The second kappa shape index (κ2) is 17.4. The summed E-state index contributed by atoms with van der Waals surface area (Å²) in [6.45, 7) is 1.58. The summed E-state index contributed by atoms with van der Waals surface area (Å²) in [5, 5.41) is 17.5. The molecule has 0 rings (SSSR count). The molecule has 116 valence electrons. The molecule has 0 heterocycles. The zero-order chi connectivity index (χ0) is 14.3. The molecule has 2 N–H and O–H groups in total. The second-order valence-corrected chi connectivity index (χ2v) is 5.06. The third-order valence-corrected chi connectivity index (χ3v) is 3.19. The molecule has 20 heavy (non-hydrogen) atoms. The van der Waals surface area contributed by atoms with Gasteiger partial charge in [-0.3, -0.25) is 4.79 Å². The number of aliphatic hydroxyl groups excluding tert-OH is 2. The van der Waals surface area contributed by atoms with Gasteiger partial charge in [0.1, 0.15) is 6.10 Å². The van der Waals surface area contributed by atoms with Crippen LogP contribution in [0.1, 0.15) is 71.1 Å². The Morgan fingerprint density at radius 2 is 1.35 bits per heavy atom. The summed E-state index contributed by atoms with van der Waals surface area (Å²) in [5.41, 5.74) is 0. The third-order valence-electron chi connectivity index (χ3n) is 3.19. The van der Waals surface area contributed by atoms with Gasteiger partial charge >= 0.3 is 35.5 Å². The van der Waals surface area contributed by atoms with Crippen molar-refractivity contribution < 1.29 is 19.7 Å². The molecular formula is C15H31NaO4. The number of hydrogen-bond acceptors (Lipinski definition) is 4. The average molecular weight is 298 g/mol. The van der Waals surface area contributed by atoms with Crippen LogP contribution in [-0.4, -0.2) is 65.1 Å². The molecule has 0 amide bonds. The molecule has 0 bridgehead atoms. The molecule has 0 radical (unpaired) electrons. The monoisotopic (exact) mass is 298 g/mol. The number of esters is 1. The van der Waals surface area contributed by atoms with Gasteiger partial charge in [-0.15, -0.1) is 0 Å². The minimum atomic E-state index is -0.758. The average Bonchev–Trinajstić information content (AvgIpc) is 2.43. The molecule has 0 saturated heterocycles. The van der Waals surface area contributed by atoms with Gasteiger partial charge in [0, 0.05) is 6.42 Å². The Hall–Kier alpha value is 0.390. The van der Waals surface area contributed by atoms with Crippen molar-refractivity contribution >= 4 is 35.5 Å². The number of carbonyl (C=O) groups is 1. The molecule has 0 unspecified atom stereocenters. The number of hydrogen-bond donors (Lipinski definition) is 2. The van der Waals surface area contributed by atoms with E-state index in [1.165, 1.54) is 44.9 Å².